The van der Waals surface area contributed by atoms with Gasteiger partial charge in [0.2, 0.25) is 5.91 Å². The van der Waals surface area contributed by atoms with Gasteiger partial charge in [-0.1, -0.05) is 24.3 Å². The highest BCUT2D eigenvalue weighted by molar-refractivity contribution is 7.90. The minimum absolute atomic E-state index is 0.0685. The number of methoxy groups -OCH3 is 1. The van der Waals surface area contributed by atoms with Crippen LogP contribution in [0.4, 0.5) is 0 Å². The van der Waals surface area contributed by atoms with Crippen LogP contribution in [-0.2, 0) is 14.8 Å². The highest BCUT2D eigenvalue weighted by Gasteiger charge is 2.41. The molecule has 2 amide bonds. The number of nitrogens with one attached hydrogen (secondary N) is 1. The Hall–Kier alpha value is -2.87. The Morgan fingerprint density at radius 1 is 1.15 bits per heavy atom. The molecule has 0 fully saturated rings. The van der Waals surface area contributed by atoms with Crippen molar-refractivity contribution in [3.8, 4) is 5.75 Å². The molecule has 7 nitrogen and oxygen atoms in total. The van der Waals surface area contributed by atoms with Crippen molar-refractivity contribution < 1.29 is 22.7 Å². The van der Waals surface area contributed by atoms with Crippen LogP contribution in [0.2, 0.25) is 0 Å². The third-order valence-electron chi connectivity index (χ3n) is 4.19. The number of rotatable bonds is 5. The van der Waals surface area contributed by atoms with Crippen LogP contribution in [-0.4, -0.2) is 38.2 Å². The minimum atomic E-state index is -3.99. The van der Waals surface area contributed by atoms with Gasteiger partial charge in [0.1, 0.15) is 17.2 Å². The van der Waals surface area contributed by atoms with Gasteiger partial charge in [-0.05, 0) is 36.8 Å². The minimum Gasteiger partial charge on any atom is -0.497 e. The van der Waals surface area contributed by atoms with Crippen molar-refractivity contribution >= 4 is 21.8 Å². The maximum Gasteiger partial charge on any atom is 0.269 e. The molecule has 0 aromatic heterocycles. The fourth-order valence-electron chi connectivity index (χ4n) is 2.78. The van der Waals surface area contributed by atoms with Gasteiger partial charge in [0.25, 0.3) is 15.9 Å². The van der Waals surface area contributed by atoms with Gasteiger partial charge < -0.3 is 10.1 Å². The summed E-state index contributed by atoms with van der Waals surface area (Å²) in [6.45, 7) is 1.21. The molecule has 0 bridgehead atoms. The van der Waals surface area contributed by atoms with Crippen molar-refractivity contribution in [2.45, 2.75) is 17.9 Å². The van der Waals surface area contributed by atoms with Crippen molar-refractivity contribution in [2.75, 3.05) is 13.7 Å². The van der Waals surface area contributed by atoms with E-state index in [9.17, 15) is 18.0 Å². The molecule has 0 unspecified atom stereocenters. The summed E-state index contributed by atoms with van der Waals surface area (Å²) in [7, 11) is -2.43. The van der Waals surface area contributed by atoms with E-state index >= 15 is 0 Å². The fraction of sp³-hybridized carbons (Fsp3) is 0.222. The summed E-state index contributed by atoms with van der Waals surface area (Å²) in [5.41, 5.74) is 0.918. The lowest BCUT2D eigenvalue weighted by Gasteiger charge is -2.18. The summed E-state index contributed by atoms with van der Waals surface area (Å²) >= 11 is 0. The number of carbonyl (C=O) groups is 2. The van der Waals surface area contributed by atoms with Gasteiger partial charge in [-0.2, -0.15) is 0 Å². The first-order chi connectivity index (χ1) is 12.3. The number of hydrogen-bond donors (Lipinski definition) is 1. The summed E-state index contributed by atoms with van der Waals surface area (Å²) in [6, 6.07) is 12.7. The second-order valence-corrected chi connectivity index (χ2v) is 7.71. The third-order valence-corrected chi connectivity index (χ3v) is 5.98. The molecule has 2 aromatic carbocycles. The largest absolute Gasteiger partial charge is 0.497 e. The number of amides is 2. The van der Waals surface area contributed by atoms with E-state index in [1.54, 1.807) is 50.4 Å². The molecule has 0 spiro atoms. The molecular formula is C18H18N2O5S. The maximum absolute atomic E-state index is 12.5. The molecule has 0 radical (unpaired) electrons. The highest BCUT2D eigenvalue weighted by Crippen LogP contribution is 2.29. The summed E-state index contributed by atoms with van der Waals surface area (Å²) < 4.78 is 30.6. The Morgan fingerprint density at radius 2 is 1.81 bits per heavy atom. The summed E-state index contributed by atoms with van der Waals surface area (Å²) in [5.74, 6) is -0.551. The molecule has 0 saturated carbocycles. The lowest BCUT2D eigenvalue weighted by Crippen LogP contribution is -2.41. The van der Waals surface area contributed by atoms with Crippen LogP contribution >= 0.6 is 0 Å². The molecule has 3 rings (SSSR count). The van der Waals surface area contributed by atoms with Crippen LogP contribution in [0.15, 0.2) is 53.4 Å². The fourth-order valence-corrected chi connectivity index (χ4v) is 4.31. The molecule has 1 aliphatic heterocycles. The summed E-state index contributed by atoms with van der Waals surface area (Å²) in [5, 5.41) is 2.71. The Bertz CT molecular complexity index is 954. The number of sulfonamides is 1. The topological polar surface area (TPSA) is 92.8 Å². The molecule has 0 aliphatic carbocycles. The van der Waals surface area contributed by atoms with Crippen LogP contribution < -0.4 is 10.1 Å². The molecule has 2 aromatic rings. The zero-order chi connectivity index (χ0) is 18.9. The van der Waals surface area contributed by atoms with Gasteiger partial charge >= 0.3 is 0 Å². The second kappa shape index (κ2) is 6.80. The van der Waals surface area contributed by atoms with Crippen LogP contribution in [0.1, 0.15) is 28.9 Å². The van der Waals surface area contributed by atoms with Gasteiger partial charge in [-0.15, -0.1) is 0 Å². The predicted octanol–water partition coefficient (Wildman–Crippen LogP) is 1.72. The van der Waals surface area contributed by atoms with E-state index in [-0.39, 0.29) is 16.5 Å². The third kappa shape index (κ3) is 3.15. The first-order valence-corrected chi connectivity index (χ1v) is 9.38. The summed E-state index contributed by atoms with van der Waals surface area (Å²) in [6.07, 6.45) is 0. The number of ether oxygens (including phenoxy) is 1. The maximum atomic E-state index is 12.5. The molecule has 26 heavy (non-hydrogen) atoms. The number of fused-ring (bicyclic) bond motifs is 1. The van der Waals surface area contributed by atoms with Crippen LogP contribution in [0.5, 0.6) is 5.75 Å². The lowest BCUT2D eigenvalue weighted by molar-refractivity contribution is -0.121. The smallest absolute Gasteiger partial charge is 0.269 e. The van der Waals surface area contributed by atoms with Crippen LogP contribution in [0.25, 0.3) is 0 Å². The first-order valence-electron chi connectivity index (χ1n) is 7.94. The van der Waals surface area contributed by atoms with Gasteiger partial charge in [0, 0.05) is 0 Å². The van der Waals surface area contributed by atoms with E-state index in [1.165, 1.54) is 12.1 Å². The molecule has 1 atom stereocenters. The molecule has 1 heterocycles. The van der Waals surface area contributed by atoms with Crippen molar-refractivity contribution in [2.24, 2.45) is 0 Å². The predicted molar refractivity (Wildman–Crippen MR) is 94.2 cm³/mol. The van der Waals surface area contributed by atoms with Crippen molar-refractivity contribution in [3.05, 3.63) is 59.7 Å². The van der Waals surface area contributed by atoms with Crippen molar-refractivity contribution in [1.29, 1.82) is 0 Å². The normalized spacial score (nSPS) is 16.1. The van der Waals surface area contributed by atoms with Crippen LogP contribution in [0, 0.1) is 0 Å². The van der Waals surface area contributed by atoms with Crippen LogP contribution in [0.3, 0.4) is 0 Å². The standard InChI is InChI=1S/C18H18N2O5S/c1-12(13-7-9-14(25-2)10-8-13)19-17(21)11-20-18(22)15-5-3-4-6-16(15)26(20,23)24/h3-10,12H,11H2,1-2H3,(H,19,21)/t12-/m0/s1. The zero-order valence-electron chi connectivity index (χ0n) is 14.3. The SMILES string of the molecule is COc1ccc([C@H](C)NC(=O)CN2C(=O)c3ccccc3S2(=O)=O)cc1. The summed E-state index contributed by atoms with van der Waals surface area (Å²) in [4.78, 5) is 24.6. The Labute approximate surface area is 151 Å². The second-order valence-electron chi connectivity index (χ2n) is 5.88. The molecule has 1 aliphatic rings. The van der Waals surface area contributed by atoms with Crippen molar-refractivity contribution in [1.82, 2.24) is 9.62 Å². The number of benzene rings is 2. The van der Waals surface area contributed by atoms with E-state index in [4.69, 9.17) is 4.74 Å². The molecule has 0 saturated heterocycles. The van der Waals surface area contributed by atoms with E-state index in [0.29, 0.717) is 10.1 Å². The average Bonchev–Trinajstić information content (AvgIpc) is 2.83. The van der Waals surface area contributed by atoms with E-state index < -0.39 is 28.4 Å². The number of nitrogens with zero attached hydrogens (tertiary/aromatic N) is 1. The zero-order valence-corrected chi connectivity index (χ0v) is 15.1. The van der Waals surface area contributed by atoms with Gasteiger partial charge in [0.15, 0.2) is 0 Å². The van der Waals surface area contributed by atoms with Gasteiger partial charge in [-0.3, -0.25) is 9.59 Å². The molecule has 8 heteroatoms. The van der Waals surface area contributed by atoms with E-state index in [0.717, 1.165) is 5.56 Å². The number of hydrogen-bond acceptors (Lipinski definition) is 5. The van der Waals surface area contributed by atoms with Gasteiger partial charge in [0.05, 0.1) is 18.7 Å². The first kappa shape index (κ1) is 17.9. The quantitative estimate of drug-likeness (QED) is 0.860. The molecule has 1 N–H and O–H groups in total. The molecule has 136 valence electrons. The average molecular weight is 374 g/mol. The van der Waals surface area contributed by atoms with Gasteiger partial charge in [-0.25, -0.2) is 12.7 Å². The monoisotopic (exact) mass is 374 g/mol. The lowest BCUT2D eigenvalue weighted by atomic mass is 10.1. The number of carbonyl (C=O) groups excluding carboxylic acids is 2. The van der Waals surface area contributed by atoms with E-state index in [2.05, 4.69) is 5.32 Å². The highest BCUT2D eigenvalue weighted by atomic mass is 32.2. The van der Waals surface area contributed by atoms with Crippen molar-refractivity contribution in [3.63, 3.8) is 0 Å². The van der Waals surface area contributed by atoms with E-state index in [1.807, 2.05) is 0 Å². The Morgan fingerprint density at radius 3 is 2.42 bits per heavy atom. The Balaban J connectivity index is 1.71. The Kier molecular flexibility index (Phi) is 4.69. The molecular weight excluding hydrogens is 356 g/mol.